The molecule has 0 aliphatic rings. The average Bonchev–Trinajstić information content (AvgIpc) is 2.88. The molecule has 34 heavy (non-hydrogen) atoms. The molecule has 1 aromatic heterocycles. The lowest BCUT2D eigenvalue weighted by atomic mass is 10.0. The van der Waals surface area contributed by atoms with Gasteiger partial charge in [-0.15, -0.1) is 0 Å². The summed E-state index contributed by atoms with van der Waals surface area (Å²) in [5, 5.41) is 2.75. The number of nitrogens with two attached hydrogens (primary N) is 2. The summed E-state index contributed by atoms with van der Waals surface area (Å²) in [6, 6.07) is 27.1. The molecule has 0 aliphatic heterocycles. The molecule has 0 radical (unpaired) electrons. The number of amides is 1. The number of nitrogens with zero attached hydrogens (tertiary/aromatic N) is 1. The van der Waals surface area contributed by atoms with Crippen LogP contribution in [0.25, 0.3) is 17.2 Å². The number of carbonyl (C=O) groups is 2. The first-order valence-electron chi connectivity index (χ1n) is 10.8. The minimum atomic E-state index is -0.822. The lowest BCUT2D eigenvalue weighted by Gasteiger charge is -2.10. The summed E-state index contributed by atoms with van der Waals surface area (Å²) < 4.78 is 0. The molecule has 4 aromatic rings. The Morgan fingerprint density at radius 2 is 1.53 bits per heavy atom. The van der Waals surface area contributed by atoms with Gasteiger partial charge < -0.3 is 16.8 Å². The Bertz CT molecular complexity index is 1310. The number of anilines is 2. The van der Waals surface area contributed by atoms with E-state index >= 15 is 0 Å². The average molecular weight is 449 g/mol. The van der Waals surface area contributed by atoms with Gasteiger partial charge in [-0.1, -0.05) is 72.8 Å². The van der Waals surface area contributed by atoms with Gasteiger partial charge in [-0.3, -0.25) is 9.59 Å². The molecule has 3 aromatic carbocycles. The summed E-state index contributed by atoms with van der Waals surface area (Å²) in [6.45, 7) is 0. The number of carbonyl (C=O) groups excluding carboxylic acids is 2. The fourth-order valence-corrected chi connectivity index (χ4v) is 3.43. The first-order valence-corrected chi connectivity index (χ1v) is 10.8. The van der Waals surface area contributed by atoms with Crippen molar-refractivity contribution in [1.29, 1.82) is 0 Å². The van der Waals surface area contributed by atoms with Gasteiger partial charge in [0.1, 0.15) is 5.82 Å². The Morgan fingerprint density at radius 1 is 0.853 bits per heavy atom. The van der Waals surface area contributed by atoms with Crippen molar-refractivity contribution >= 4 is 29.3 Å². The third-order valence-corrected chi connectivity index (χ3v) is 5.34. The summed E-state index contributed by atoms with van der Waals surface area (Å²) in [4.78, 5) is 28.9. The Kier molecular flexibility index (Phi) is 6.91. The molecular formula is C28H24N4O2. The van der Waals surface area contributed by atoms with Gasteiger partial charge in [-0.05, 0) is 46.5 Å². The largest absolute Gasteiger partial charge is 0.384 e. The minimum absolute atomic E-state index is 0.225. The molecule has 0 aliphatic carbocycles. The van der Waals surface area contributed by atoms with Crippen molar-refractivity contribution < 1.29 is 9.59 Å². The fourth-order valence-electron chi connectivity index (χ4n) is 3.43. The second-order valence-electron chi connectivity index (χ2n) is 7.75. The SMILES string of the molecule is Nc1cc(NC(=O)c2ccc(C(N)C(=O)/C=C/c3ccc(-c4ccccc4)cc3)cc2)ccn1. The highest BCUT2D eigenvalue weighted by Gasteiger charge is 2.14. The number of aromatic nitrogens is 1. The number of hydrogen-bond donors (Lipinski definition) is 3. The van der Waals surface area contributed by atoms with Crippen LogP contribution < -0.4 is 16.8 Å². The molecule has 0 spiro atoms. The molecule has 6 heteroatoms. The Labute approximate surface area is 198 Å². The van der Waals surface area contributed by atoms with Crippen LogP contribution in [0, 0.1) is 0 Å². The van der Waals surface area contributed by atoms with Gasteiger partial charge in [-0.25, -0.2) is 4.98 Å². The summed E-state index contributed by atoms with van der Waals surface area (Å²) in [5.41, 5.74) is 16.5. The molecule has 6 nitrogen and oxygen atoms in total. The predicted molar refractivity (Wildman–Crippen MR) is 136 cm³/mol. The van der Waals surface area contributed by atoms with Crippen LogP contribution in [0.5, 0.6) is 0 Å². The molecule has 0 fully saturated rings. The second-order valence-corrected chi connectivity index (χ2v) is 7.75. The molecule has 1 atom stereocenters. The third-order valence-electron chi connectivity index (χ3n) is 5.34. The number of nitrogen functional groups attached to an aromatic ring is 1. The van der Waals surface area contributed by atoms with Gasteiger partial charge >= 0.3 is 0 Å². The summed E-state index contributed by atoms with van der Waals surface area (Å²) in [6.07, 6.45) is 4.75. The number of hydrogen-bond acceptors (Lipinski definition) is 5. The van der Waals surface area contributed by atoms with Crippen molar-refractivity contribution in [3.05, 3.63) is 120 Å². The Hall–Kier alpha value is -4.55. The van der Waals surface area contributed by atoms with E-state index in [1.807, 2.05) is 42.5 Å². The highest BCUT2D eigenvalue weighted by Crippen LogP contribution is 2.20. The predicted octanol–water partition coefficient (Wildman–Crippen LogP) is 4.87. The smallest absolute Gasteiger partial charge is 0.255 e. The van der Waals surface area contributed by atoms with E-state index in [9.17, 15) is 9.59 Å². The first-order chi connectivity index (χ1) is 16.5. The third kappa shape index (κ3) is 5.62. The zero-order valence-electron chi connectivity index (χ0n) is 18.4. The fraction of sp³-hybridized carbons (Fsp3) is 0.0357. The maximum atomic E-state index is 12.6. The van der Waals surface area contributed by atoms with Crippen LogP contribution >= 0.6 is 0 Å². The molecule has 4 rings (SSSR count). The molecule has 5 N–H and O–H groups in total. The van der Waals surface area contributed by atoms with Crippen LogP contribution in [-0.4, -0.2) is 16.7 Å². The van der Waals surface area contributed by atoms with Gasteiger partial charge in [0, 0.05) is 23.5 Å². The van der Waals surface area contributed by atoms with Crippen molar-refractivity contribution in [3.8, 4) is 11.1 Å². The van der Waals surface area contributed by atoms with Gasteiger partial charge in [-0.2, -0.15) is 0 Å². The van der Waals surface area contributed by atoms with Crippen molar-refractivity contribution in [1.82, 2.24) is 4.98 Å². The normalized spacial score (nSPS) is 11.8. The lowest BCUT2D eigenvalue weighted by Crippen LogP contribution is -2.20. The number of benzene rings is 3. The molecule has 168 valence electrons. The monoisotopic (exact) mass is 448 g/mol. The van der Waals surface area contributed by atoms with Crippen LogP contribution in [0.3, 0.4) is 0 Å². The molecule has 0 saturated carbocycles. The van der Waals surface area contributed by atoms with Crippen molar-refractivity contribution in [2.24, 2.45) is 5.73 Å². The zero-order chi connectivity index (χ0) is 23.9. The second kappa shape index (κ2) is 10.4. The van der Waals surface area contributed by atoms with E-state index in [-0.39, 0.29) is 11.7 Å². The van der Waals surface area contributed by atoms with Crippen LogP contribution in [0.1, 0.15) is 27.5 Å². The van der Waals surface area contributed by atoms with Crippen molar-refractivity contribution in [3.63, 3.8) is 0 Å². The van der Waals surface area contributed by atoms with E-state index in [2.05, 4.69) is 22.4 Å². The molecule has 1 unspecified atom stereocenters. The van der Waals surface area contributed by atoms with Gasteiger partial charge in [0.2, 0.25) is 0 Å². The quantitative estimate of drug-likeness (QED) is 0.350. The van der Waals surface area contributed by atoms with Crippen LogP contribution in [0.15, 0.2) is 103 Å². The van der Waals surface area contributed by atoms with E-state index in [1.165, 1.54) is 12.3 Å². The van der Waals surface area contributed by atoms with Gasteiger partial charge in [0.25, 0.3) is 5.91 Å². The number of nitrogens with one attached hydrogen (secondary N) is 1. The maximum Gasteiger partial charge on any atom is 0.255 e. The number of rotatable bonds is 7. The minimum Gasteiger partial charge on any atom is -0.384 e. The molecule has 1 heterocycles. The summed E-state index contributed by atoms with van der Waals surface area (Å²) >= 11 is 0. The highest BCUT2D eigenvalue weighted by atomic mass is 16.1. The van der Waals surface area contributed by atoms with Crippen LogP contribution in [0.2, 0.25) is 0 Å². The highest BCUT2D eigenvalue weighted by molar-refractivity contribution is 6.04. The first kappa shape index (κ1) is 22.6. The molecule has 0 saturated heterocycles. The van der Waals surface area contributed by atoms with Crippen molar-refractivity contribution in [2.45, 2.75) is 6.04 Å². The number of ketones is 1. The van der Waals surface area contributed by atoms with Crippen molar-refractivity contribution in [2.75, 3.05) is 11.1 Å². The zero-order valence-corrected chi connectivity index (χ0v) is 18.4. The number of pyridine rings is 1. The topological polar surface area (TPSA) is 111 Å². The van der Waals surface area contributed by atoms with E-state index < -0.39 is 6.04 Å². The Morgan fingerprint density at radius 3 is 2.21 bits per heavy atom. The van der Waals surface area contributed by atoms with E-state index in [0.717, 1.165) is 16.7 Å². The van der Waals surface area contributed by atoms with Gasteiger partial charge in [0.15, 0.2) is 5.78 Å². The lowest BCUT2D eigenvalue weighted by molar-refractivity contribution is -0.115. The maximum absolute atomic E-state index is 12.6. The summed E-state index contributed by atoms with van der Waals surface area (Å²) in [7, 11) is 0. The standard InChI is InChI=1S/C28H24N4O2/c29-26-18-24(16-17-31-26)32-28(34)23-13-11-22(12-14-23)27(30)25(33)15-8-19-6-9-21(10-7-19)20-4-2-1-3-5-20/h1-18,27H,30H2,(H3,29,31,32,34)/b15-8+. The Balaban J connectivity index is 1.37. The van der Waals surface area contributed by atoms with E-state index in [1.54, 1.807) is 42.5 Å². The van der Waals surface area contributed by atoms with Crippen LogP contribution in [-0.2, 0) is 4.79 Å². The molecular weight excluding hydrogens is 424 g/mol. The van der Waals surface area contributed by atoms with E-state index in [4.69, 9.17) is 11.5 Å². The molecule has 1 amide bonds. The molecule has 0 bridgehead atoms. The van der Waals surface area contributed by atoms with E-state index in [0.29, 0.717) is 22.6 Å². The van der Waals surface area contributed by atoms with Crippen LogP contribution in [0.4, 0.5) is 11.5 Å². The summed E-state index contributed by atoms with van der Waals surface area (Å²) in [5.74, 6) is -0.203. The van der Waals surface area contributed by atoms with Gasteiger partial charge in [0.05, 0.1) is 6.04 Å².